The van der Waals surface area contributed by atoms with Crippen LogP contribution < -0.4 is 4.90 Å². The second-order valence-electron chi connectivity index (χ2n) is 8.19. The first-order valence-corrected chi connectivity index (χ1v) is 10.4. The number of ketones is 1. The molecule has 0 amide bonds. The van der Waals surface area contributed by atoms with Crippen LogP contribution in [0.3, 0.4) is 0 Å². The maximum absolute atomic E-state index is 13.1. The number of hydrogen-bond donors (Lipinski definition) is 1. The second kappa shape index (κ2) is 7.95. The number of anilines is 1. The SMILES string of the molecule is Cc1cc(N2CCN([C@@H](C)C(=O)c3c[nH]c4ccccc34)CC2)nc(C(C)C)n1. The van der Waals surface area contributed by atoms with E-state index in [2.05, 4.69) is 39.7 Å². The van der Waals surface area contributed by atoms with Crippen LogP contribution in [0, 0.1) is 6.92 Å². The zero-order chi connectivity index (χ0) is 20.5. The number of aromatic amines is 1. The van der Waals surface area contributed by atoms with Crippen molar-refractivity contribution in [1.29, 1.82) is 0 Å². The van der Waals surface area contributed by atoms with Gasteiger partial charge in [-0.3, -0.25) is 9.69 Å². The van der Waals surface area contributed by atoms with E-state index in [1.54, 1.807) is 0 Å². The van der Waals surface area contributed by atoms with Crippen LogP contribution >= 0.6 is 0 Å². The Hall–Kier alpha value is -2.73. The van der Waals surface area contributed by atoms with Gasteiger partial charge in [-0.1, -0.05) is 32.0 Å². The summed E-state index contributed by atoms with van der Waals surface area (Å²) in [5, 5.41) is 1.00. The van der Waals surface area contributed by atoms with Crippen LogP contribution in [-0.2, 0) is 0 Å². The zero-order valence-electron chi connectivity index (χ0n) is 17.6. The van der Waals surface area contributed by atoms with Crippen molar-refractivity contribution in [2.45, 2.75) is 39.7 Å². The summed E-state index contributed by atoms with van der Waals surface area (Å²) in [7, 11) is 0. The van der Waals surface area contributed by atoms with Gasteiger partial charge >= 0.3 is 0 Å². The molecular formula is C23H29N5O. The Bertz CT molecular complexity index is 1020. The quantitative estimate of drug-likeness (QED) is 0.671. The minimum atomic E-state index is -0.144. The number of piperazine rings is 1. The molecule has 0 aliphatic carbocycles. The Kier molecular flexibility index (Phi) is 5.37. The molecule has 1 saturated heterocycles. The maximum Gasteiger partial charge on any atom is 0.181 e. The number of hydrogen-bond acceptors (Lipinski definition) is 5. The Morgan fingerprint density at radius 2 is 1.79 bits per heavy atom. The fraction of sp³-hybridized carbons (Fsp3) is 0.435. The molecule has 3 heterocycles. The van der Waals surface area contributed by atoms with Gasteiger partial charge in [0.1, 0.15) is 11.6 Å². The molecule has 6 heteroatoms. The molecule has 1 aromatic carbocycles. The molecular weight excluding hydrogens is 362 g/mol. The standard InChI is InChI=1S/C23H29N5O/c1-15(2)23-25-16(3)13-21(26-23)28-11-9-27(10-12-28)17(4)22(29)19-14-24-20-8-6-5-7-18(19)20/h5-8,13-15,17,24H,9-12H2,1-4H3/t17-/m0/s1. The Morgan fingerprint density at radius 1 is 1.07 bits per heavy atom. The van der Waals surface area contributed by atoms with Crippen LogP contribution in [0.15, 0.2) is 36.5 Å². The third-order valence-corrected chi connectivity index (χ3v) is 5.79. The molecule has 1 fully saturated rings. The van der Waals surface area contributed by atoms with E-state index in [9.17, 15) is 4.79 Å². The number of aromatic nitrogens is 3. The number of carbonyl (C=O) groups is 1. The van der Waals surface area contributed by atoms with E-state index in [0.717, 1.165) is 60.0 Å². The number of fused-ring (bicyclic) bond motifs is 1. The monoisotopic (exact) mass is 391 g/mol. The van der Waals surface area contributed by atoms with Gasteiger partial charge < -0.3 is 9.88 Å². The van der Waals surface area contributed by atoms with Crippen molar-refractivity contribution >= 4 is 22.5 Å². The van der Waals surface area contributed by atoms with E-state index in [0.29, 0.717) is 5.92 Å². The highest BCUT2D eigenvalue weighted by atomic mass is 16.1. The summed E-state index contributed by atoms with van der Waals surface area (Å²) in [5.41, 5.74) is 2.79. The van der Waals surface area contributed by atoms with Crippen LogP contribution in [0.2, 0.25) is 0 Å². The highest BCUT2D eigenvalue weighted by molar-refractivity contribution is 6.10. The number of rotatable bonds is 5. The maximum atomic E-state index is 13.1. The molecule has 3 aromatic rings. The number of nitrogens with one attached hydrogen (secondary N) is 1. The van der Waals surface area contributed by atoms with Gasteiger partial charge in [-0.15, -0.1) is 0 Å². The molecule has 2 aromatic heterocycles. The summed E-state index contributed by atoms with van der Waals surface area (Å²) in [6.45, 7) is 11.7. The lowest BCUT2D eigenvalue weighted by Gasteiger charge is -2.38. The average molecular weight is 392 g/mol. The van der Waals surface area contributed by atoms with E-state index in [1.807, 2.05) is 44.3 Å². The normalized spacial score (nSPS) is 16.5. The number of carbonyl (C=O) groups excluding carboxylic acids is 1. The van der Waals surface area contributed by atoms with Crippen LogP contribution in [0.5, 0.6) is 0 Å². The zero-order valence-corrected chi connectivity index (χ0v) is 17.6. The van der Waals surface area contributed by atoms with E-state index >= 15 is 0 Å². The third kappa shape index (κ3) is 3.90. The summed E-state index contributed by atoms with van der Waals surface area (Å²) in [6, 6.07) is 9.89. The highest BCUT2D eigenvalue weighted by Gasteiger charge is 2.28. The molecule has 29 heavy (non-hydrogen) atoms. The summed E-state index contributed by atoms with van der Waals surface area (Å²) < 4.78 is 0. The number of para-hydroxylation sites is 1. The highest BCUT2D eigenvalue weighted by Crippen LogP contribution is 2.23. The molecule has 6 nitrogen and oxygen atoms in total. The first-order chi connectivity index (χ1) is 13.9. The first kappa shape index (κ1) is 19.6. The van der Waals surface area contributed by atoms with Gasteiger partial charge in [0.2, 0.25) is 0 Å². The van der Waals surface area contributed by atoms with Gasteiger partial charge in [-0.2, -0.15) is 0 Å². The molecule has 1 aliphatic rings. The minimum absolute atomic E-state index is 0.144. The third-order valence-electron chi connectivity index (χ3n) is 5.79. The van der Waals surface area contributed by atoms with Gasteiger partial charge in [0.05, 0.1) is 6.04 Å². The van der Waals surface area contributed by atoms with Crippen molar-refractivity contribution in [2.24, 2.45) is 0 Å². The molecule has 0 saturated carbocycles. The van der Waals surface area contributed by atoms with E-state index in [-0.39, 0.29) is 11.8 Å². The van der Waals surface area contributed by atoms with E-state index in [4.69, 9.17) is 4.98 Å². The predicted molar refractivity (Wildman–Crippen MR) is 117 cm³/mol. The van der Waals surface area contributed by atoms with Crippen molar-refractivity contribution in [3.8, 4) is 0 Å². The van der Waals surface area contributed by atoms with Gasteiger partial charge in [-0.25, -0.2) is 9.97 Å². The molecule has 0 unspecified atom stereocenters. The molecule has 0 spiro atoms. The summed E-state index contributed by atoms with van der Waals surface area (Å²) in [4.78, 5) is 30.2. The topological polar surface area (TPSA) is 65.1 Å². The molecule has 0 bridgehead atoms. The molecule has 4 rings (SSSR count). The lowest BCUT2D eigenvalue weighted by Crippen LogP contribution is -2.52. The lowest BCUT2D eigenvalue weighted by atomic mass is 10.0. The van der Waals surface area contributed by atoms with Gasteiger partial charge in [0.15, 0.2) is 5.78 Å². The van der Waals surface area contributed by atoms with Crippen molar-refractivity contribution in [3.63, 3.8) is 0 Å². The van der Waals surface area contributed by atoms with Gasteiger partial charge in [0, 0.05) is 66.5 Å². The van der Waals surface area contributed by atoms with Crippen molar-refractivity contribution in [3.05, 3.63) is 53.6 Å². The van der Waals surface area contributed by atoms with E-state index < -0.39 is 0 Å². The van der Waals surface area contributed by atoms with Crippen LogP contribution in [0.25, 0.3) is 10.9 Å². The fourth-order valence-corrected chi connectivity index (χ4v) is 4.00. The van der Waals surface area contributed by atoms with Crippen LogP contribution in [0.4, 0.5) is 5.82 Å². The Labute approximate surface area is 172 Å². The number of nitrogens with zero attached hydrogens (tertiary/aromatic N) is 4. The van der Waals surface area contributed by atoms with Crippen molar-refractivity contribution < 1.29 is 4.79 Å². The Balaban J connectivity index is 1.45. The molecule has 152 valence electrons. The van der Waals surface area contributed by atoms with Gasteiger partial charge in [-0.05, 0) is 19.9 Å². The smallest absolute Gasteiger partial charge is 0.181 e. The first-order valence-electron chi connectivity index (χ1n) is 10.4. The van der Waals surface area contributed by atoms with Crippen molar-refractivity contribution in [2.75, 3.05) is 31.1 Å². The molecule has 1 aliphatic heterocycles. The average Bonchev–Trinajstić information content (AvgIpc) is 3.16. The van der Waals surface area contributed by atoms with E-state index in [1.165, 1.54) is 0 Å². The second-order valence-corrected chi connectivity index (χ2v) is 8.19. The summed E-state index contributed by atoms with van der Waals surface area (Å²) in [6.07, 6.45) is 1.84. The largest absolute Gasteiger partial charge is 0.360 e. The minimum Gasteiger partial charge on any atom is -0.360 e. The van der Waals surface area contributed by atoms with Crippen LogP contribution in [-0.4, -0.2) is 57.9 Å². The van der Waals surface area contributed by atoms with Crippen molar-refractivity contribution in [1.82, 2.24) is 19.9 Å². The van der Waals surface area contributed by atoms with Gasteiger partial charge in [0.25, 0.3) is 0 Å². The lowest BCUT2D eigenvalue weighted by molar-refractivity contribution is 0.0831. The molecule has 0 radical (unpaired) electrons. The molecule has 1 N–H and O–H groups in total. The number of aryl methyl sites for hydroxylation is 1. The fourth-order valence-electron chi connectivity index (χ4n) is 4.00. The number of H-pyrrole nitrogens is 1. The summed E-state index contributed by atoms with van der Waals surface area (Å²) in [5.74, 6) is 2.38. The predicted octanol–water partition coefficient (Wildman–Crippen LogP) is 3.78. The number of Topliss-reactive ketones (excluding diaryl/α,β-unsaturated/α-hetero) is 1. The Morgan fingerprint density at radius 3 is 2.52 bits per heavy atom. The molecule has 1 atom stereocenters. The van der Waals surface area contributed by atoms with Crippen LogP contribution in [0.1, 0.15) is 48.6 Å². The number of benzene rings is 1. The summed E-state index contributed by atoms with van der Waals surface area (Å²) >= 11 is 0.